The molecule has 2 aromatic carbocycles. The van der Waals surface area contributed by atoms with Crippen LogP contribution in [-0.4, -0.2) is 108 Å². The van der Waals surface area contributed by atoms with Gasteiger partial charge < -0.3 is 24.3 Å². The molecule has 9 rings (SSSR count). The molecule has 5 aliphatic rings. The molecule has 4 aliphatic heterocycles. The summed E-state index contributed by atoms with van der Waals surface area (Å²) in [5, 5.41) is 8.94. The van der Waals surface area contributed by atoms with Crippen LogP contribution < -0.4 is 14.5 Å². The number of rotatable bonds is 7. The van der Waals surface area contributed by atoms with E-state index in [0.29, 0.717) is 22.4 Å². The minimum Gasteiger partial charge on any atom is -0.481 e. The van der Waals surface area contributed by atoms with Crippen LogP contribution in [0.4, 0.5) is 24.9 Å². The van der Waals surface area contributed by atoms with Gasteiger partial charge in [0.1, 0.15) is 11.3 Å². The lowest BCUT2D eigenvalue weighted by Crippen LogP contribution is -2.61. The van der Waals surface area contributed by atoms with E-state index in [9.17, 15) is 18.0 Å². The van der Waals surface area contributed by atoms with E-state index in [4.69, 9.17) is 14.7 Å². The van der Waals surface area contributed by atoms with Gasteiger partial charge in [-0.25, -0.2) is 4.98 Å². The fourth-order valence-corrected chi connectivity index (χ4v) is 9.67. The van der Waals surface area contributed by atoms with Crippen LogP contribution in [-0.2, 0) is 4.79 Å². The number of nitrogens with one attached hydrogen (secondary N) is 1. The number of likely N-dealkylation sites (tertiary alicyclic amines) is 2. The monoisotopic (exact) mass is 742 g/mol. The number of ether oxygens (including phenoxy) is 1. The number of piperidine rings is 3. The first-order chi connectivity index (χ1) is 25.9. The standard InChI is InChI=1S/C41H49F3N8O2/c1-4-32(53)52-23-40(24-52)13-17-50(18-14-40)37-29-21-28(27-6-7-27)34(33-26(2)5-8-31-30(33)22-45-48-31)36(54-25-41(42,43)44)35(29)46-38(47-37)51-19-11-39(12-20-51)9-15-49(3)16-10-39/h4-5,8,21-22,27H,1,6-7,9-20,23-25H2,2-3H3,(H,45,48). The third kappa shape index (κ3) is 6.35. The molecule has 4 aromatic rings. The van der Waals surface area contributed by atoms with Crippen LogP contribution in [0, 0.1) is 17.8 Å². The van der Waals surface area contributed by atoms with Gasteiger partial charge in [0, 0.05) is 61.0 Å². The molecule has 5 fully saturated rings. The molecule has 2 aromatic heterocycles. The molecule has 1 saturated carbocycles. The van der Waals surface area contributed by atoms with E-state index in [1.165, 1.54) is 18.9 Å². The Hall–Kier alpha value is -4.39. The first-order valence-corrected chi connectivity index (χ1v) is 19.5. The molecule has 286 valence electrons. The fourth-order valence-electron chi connectivity index (χ4n) is 9.67. The van der Waals surface area contributed by atoms with Gasteiger partial charge >= 0.3 is 6.18 Å². The fraction of sp³-hybridized carbons (Fsp3) is 0.561. The first-order valence-electron chi connectivity index (χ1n) is 19.5. The topological polar surface area (TPSA) is 93.7 Å². The number of alkyl halides is 3. The Bertz CT molecular complexity index is 2090. The van der Waals surface area contributed by atoms with E-state index in [-0.39, 0.29) is 23.0 Å². The van der Waals surface area contributed by atoms with E-state index >= 15 is 0 Å². The van der Waals surface area contributed by atoms with Crippen LogP contribution in [0.3, 0.4) is 0 Å². The molecule has 10 nitrogen and oxygen atoms in total. The zero-order valence-electron chi connectivity index (χ0n) is 31.3. The van der Waals surface area contributed by atoms with E-state index in [1.807, 2.05) is 24.0 Å². The molecular formula is C41H49F3N8O2. The number of aryl methyl sites for hydroxylation is 1. The van der Waals surface area contributed by atoms with E-state index in [0.717, 1.165) is 130 Å². The Balaban J connectivity index is 1.18. The van der Waals surface area contributed by atoms with Crippen LogP contribution >= 0.6 is 0 Å². The van der Waals surface area contributed by atoms with E-state index < -0.39 is 12.8 Å². The number of aromatic amines is 1. The van der Waals surface area contributed by atoms with Crippen molar-refractivity contribution in [1.82, 2.24) is 30.0 Å². The van der Waals surface area contributed by atoms with Crippen LogP contribution in [0.25, 0.3) is 32.9 Å². The highest BCUT2D eigenvalue weighted by molar-refractivity contribution is 6.06. The normalized spacial score (nSPS) is 21.6. The van der Waals surface area contributed by atoms with Crippen molar-refractivity contribution in [2.45, 2.75) is 70.4 Å². The van der Waals surface area contributed by atoms with E-state index in [1.54, 1.807) is 6.20 Å². The lowest BCUT2D eigenvalue weighted by atomic mass is 9.71. The van der Waals surface area contributed by atoms with Crippen molar-refractivity contribution in [3.63, 3.8) is 0 Å². The van der Waals surface area contributed by atoms with Gasteiger partial charge in [0.15, 0.2) is 12.4 Å². The number of benzene rings is 2. The Morgan fingerprint density at radius 1 is 0.944 bits per heavy atom. The highest BCUT2D eigenvalue weighted by atomic mass is 19.4. The highest BCUT2D eigenvalue weighted by Gasteiger charge is 2.47. The van der Waals surface area contributed by atoms with Crippen LogP contribution in [0.5, 0.6) is 5.75 Å². The number of hydrogen-bond acceptors (Lipinski definition) is 8. The summed E-state index contributed by atoms with van der Waals surface area (Å²) in [6, 6.07) is 6.10. The lowest BCUT2D eigenvalue weighted by molar-refractivity contribution is -0.153. The van der Waals surface area contributed by atoms with Crippen molar-refractivity contribution in [3.05, 3.63) is 48.2 Å². The minimum atomic E-state index is -4.55. The van der Waals surface area contributed by atoms with Gasteiger partial charge in [-0.2, -0.15) is 23.3 Å². The molecule has 0 atom stereocenters. The Labute approximate surface area is 313 Å². The van der Waals surface area contributed by atoms with Crippen LogP contribution in [0.2, 0.25) is 0 Å². The van der Waals surface area contributed by atoms with Crippen molar-refractivity contribution in [2.75, 3.05) is 75.8 Å². The summed E-state index contributed by atoms with van der Waals surface area (Å²) in [4.78, 5) is 31.6. The predicted octanol–water partition coefficient (Wildman–Crippen LogP) is 7.23. The molecule has 0 unspecified atom stereocenters. The highest BCUT2D eigenvalue weighted by Crippen LogP contribution is 2.54. The quantitative estimate of drug-likeness (QED) is 0.199. The van der Waals surface area contributed by atoms with Gasteiger partial charge in [-0.05, 0) is 125 Å². The second-order valence-corrected chi connectivity index (χ2v) is 16.9. The first kappa shape index (κ1) is 35.3. The zero-order valence-corrected chi connectivity index (χ0v) is 31.3. The number of H-pyrrole nitrogens is 1. The minimum absolute atomic E-state index is 0.0332. The predicted molar refractivity (Wildman–Crippen MR) is 204 cm³/mol. The third-order valence-corrected chi connectivity index (χ3v) is 13.2. The summed E-state index contributed by atoms with van der Waals surface area (Å²) in [6.07, 6.45) is 6.69. The van der Waals surface area contributed by atoms with Gasteiger partial charge in [-0.1, -0.05) is 12.6 Å². The number of amides is 1. The zero-order chi connectivity index (χ0) is 37.4. The van der Waals surface area contributed by atoms with Crippen LogP contribution in [0.1, 0.15) is 68.4 Å². The average molecular weight is 743 g/mol. The summed E-state index contributed by atoms with van der Waals surface area (Å²) < 4.78 is 48.5. The summed E-state index contributed by atoms with van der Waals surface area (Å²) in [5.74, 6) is 1.63. The molecule has 54 heavy (non-hydrogen) atoms. The van der Waals surface area contributed by atoms with Gasteiger partial charge in [0.25, 0.3) is 0 Å². The Morgan fingerprint density at radius 2 is 1.61 bits per heavy atom. The number of carbonyl (C=O) groups excluding carboxylic acids is 1. The molecule has 1 amide bonds. The van der Waals surface area contributed by atoms with Gasteiger partial charge in [0.2, 0.25) is 11.9 Å². The summed E-state index contributed by atoms with van der Waals surface area (Å²) >= 11 is 0. The summed E-state index contributed by atoms with van der Waals surface area (Å²) in [7, 11) is 2.19. The largest absolute Gasteiger partial charge is 0.481 e. The van der Waals surface area contributed by atoms with Gasteiger partial charge in [0.05, 0.1) is 11.7 Å². The van der Waals surface area contributed by atoms with Gasteiger partial charge in [-0.3, -0.25) is 9.89 Å². The van der Waals surface area contributed by atoms with Crippen molar-refractivity contribution >= 4 is 39.5 Å². The van der Waals surface area contributed by atoms with Crippen LogP contribution in [0.15, 0.2) is 37.1 Å². The molecule has 1 N–H and O–H groups in total. The Morgan fingerprint density at radius 3 is 2.28 bits per heavy atom. The van der Waals surface area contributed by atoms with Crippen molar-refractivity contribution < 1.29 is 22.7 Å². The second-order valence-electron chi connectivity index (χ2n) is 16.9. The molecule has 0 radical (unpaired) electrons. The molecule has 13 heteroatoms. The number of hydrogen-bond donors (Lipinski definition) is 1. The number of anilines is 2. The number of fused-ring (bicyclic) bond motifs is 2. The molecule has 6 heterocycles. The molecule has 0 bridgehead atoms. The van der Waals surface area contributed by atoms with E-state index in [2.05, 4.69) is 44.6 Å². The summed E-state index contributed by atoms with van der Waals surface area (Å²) in [6.45, 7) is 10.9. The van der Waals surface area contributed by atoms with Crippen molar-refractivity contribution in [2.24, 2.45) is 10.8 Å². The smallest absolute Gasteiger partial charge is 0.422 e. The maximum absolute atomic E-state index is 14.2. The number of carbonyl (C=O) groups is 1. The maximum Gasteiger partial charge on any atom is 0.422 e. The summed E-state index contributed by atoms with van der Waals surface area (Å²) in [5.41, 5.74) is 5.01. The van der Waals surface area contributed by atoms with Crippen molar-refractivity contribution in [3.8, 4) is 16.9 Å². The second kappa shape index (κ2) is 13.1. The molecular weight excluding hydrogens is 693 g/mol. The lowest BCUT2D eigenvalue weighted by Gasteiger charge is -2.54. The van der Waals surface area contributed by atoms with Gasteiger partial charge in [-0.15, -0.1) is 0 Å². The molecule has 4 saturated heterocycles. The number of nitrogens with zero attached hydrogens (tertiary/aromatic N) is 7. The average Bonchev–Trinajstić information content (AvgIpc) is 3.89. The molecule has 2 spiro atoms. The maximum atomic E-state index is 14.2. The number of aromatic nitrogens is 4. The third-order valence-electron chi connectivity index (χ3n) is 13.2. The number of halogens is 3. The SMILES string of the molecule is C=CC(=O)N1CC2(CCN(c3nc(N4CCC5(CCN(C)CC5)CC4)nc4c(OCC(F)(F)F)c(-c5c(C)ccc6[nH]ncc56)c(C5CC5)cc34)CC2)C1. The van der Waals surface area contributed by atoms with Crippen molar-refractivity contribution in [1.29, 1.82) is 0 Å². The Kier molecular flexibility index (Phi) is 8.59. The molecule has 1 aliphatic carbocycles.